The van der Waals surface area contributed by atoms with Crippen LogP contribution in [-0.4, -0.2) is 0 Å². The van der Waals surface area contributed by atoms with E-state index in [4.69, 9.17) is 0 Å². The van der Waals surface area contributed by atoms with Gasteiger partial charge in [0.05, 0.1) is 0 Å². The summed E-state index contributed by atoms with van der Waals surface area (Å²) in [6.45, 7) is 20.2. The van der Waals surface area contributed by atoms with Gasteiger partial charge in [0.1, 0.15) is 0 Å². The second kappa shape index (κ2) is 9.15. The minimum atomic E-state index is 0.409. The van der Waals surface area contributed by atoms with E-state index in [9.17, 15) is 0 Å². The quantitative estimate of drug-likeness (QED) is 0.407. The van der Waals surface area contributed by atoms with Gasteiger partial charge in [-0.15, -0.1) is 0 Å². The first kappa shape index (κ1) is 24.1. The first-order chi connectivity index (χ1) is 14.0. The molecular formula is C30H52. The molecule has 0 bridgehead atoms. The number of hydrogen-bond donors (Lipinski definition) is 0. The van der Waals surface area contributed by atoms with Crippen molar-refractivity contribution in [1.29, 1.82) is 0 Å². The zero-order valence-corrected chi connectivity index (χ0v) is 21.7. The fraction of sp³-hybridized carbons (Fsp3) is 0.867. The third-order valence-electron chi connectivity index (χ3n) is 10.2. The van der Waals surface area contributed by atoms with Crippen molar-refractivity contribution in [3.8, 4) is 0 Å². The topological polar surface area (TPSA) is 0 Å². The Hall–Kier alpha value is -0.520. The summed E-state index contributed by atoms with van der Waals surface area (Å²) in [5.74, 6) is 3.37. The van der Waals surface area contributed by atoms with Crippen LogP contribution < -0.4 is 0 Å². The van der Waals surface area contributed by atoms with Crippen molar-refractivity contribution in [3.63, 3.8) is 0 Å². The molecule has 0 radical (unpaired) electrons. The molecule has 3 aliphatic carbocycles. The molecule has 0 amide bonds. The summed E-state index contributed by atoms with van der Waals surface area (Å²) in [5, 5.41) is 0. The fourth-order valence-corrected chi connectivity index (χ4v) is 7.85. The highest BCUT2D eigenvalue weighted by atomic mass is 14.6. The van der Waals surface area contributed by atoms with Gasteiger partial charge in [0.25, 0.3) is 0 Å². The molecule has 0 N–H and O–H groups in total. The van der Waals surface area contributed by atoms with Gasteiger partial charge in [-0.2, -0.15) is 0 Å². The molecule has 30 heavy (non-hydrogen) atoms. The molecular weight excluding hydrogens is 360 g/mol. The largest absolute Gasteiger partial charge is 0.0671 e. The second-order valence-corrected chi connectivity index (χ2v) is 13.2. The van der Waals surface area contributed by atoms with Gasteiger partial charge >= 0.3 is 0 Å². The van der Waals surface area contributed by atoms with E-state index in [2.05, 4.69) is 67.5 Å². The van der Waals surface area contributed by atoms with Gasteiger partial charge in [-0.05, 0) is 97.7 Å². The minimum Gasteiger partial charge on any atom is -0.0671 e. The average molecular weight is 413 g/mol. The lowest BCUT2D eigenvalue weighted by molar-refractivity contribution is -0.00274. The number of hydrogen-bond acceptors (Lipinski definition) is 0. The number of allylic oxidation sites excluding steroid dienone is 4. The molecule has 3 rings (SSSR count). The van der Waals surface area contributed by atoms with Crippen molar-refractivity contribution in [2.75, 3.05) is 0 Å². The maximum atomic E-state index is 2.68. The van der Waals surface area contributed by atoms with Gasteiger partial charge in [-0.3, -0.25) is 0 Å². The first-order valence-electron chi connectivity index (χ1n) is 13.4. The lowest BCUT2D eigenvalue weighted by atomic mass is 9.51. The van der Waals surface area contributed by atoms with Crippen molar-refractivity contribution < 1.29 is 0 Å². The average Bonchev–Trinajstić information content (AvgIpc) is 2.94. The maximum Gasteiger partial charge on any atom is -0.00565 e. The van der Waals surface area contributed by atoms with E-state index in [1.54, 1.807) is 11.1 Å². The van der Waals surface area contributed by atoms with E-state index in [1.807, 2.05) is 0 Å². The van der Waals surface area contributed by atoms with E-state index < -0.39 is 0 Å². The van der Waals surface area contributed by atoms with Gasteiger partial charge in [0.2, 0.25) is 0 Å². The molecule has 0 heterocycles. The highest BCUT2D eigenvalue weighted by molar-refractivity contribution is 5.31. The summed E-state index contributed by atoms with van der Waals surface area (Å²) in [6.07, 6.45) is 20.5. The maximum absolute atomic E-state index is 2.68. The second-order valence-electron chi connectivity index (χ2n) is 13.2. The Bertz CT molecular complexity index is 647. The zero-order valence-electron chi connectivity index (χ0n) is 21.7. The van der Waals surface area contributed by atoms with Gasteiger partial charge in [0, 0.05) is 0 Å². The van der Waals surface area contributed by atoms with Crippen LogP contribution in [0.4, 0.5) is 0 Å². The molecule has 0 aromatic rings. The van der Waals surface area contributed by atoms with E-state index in [1.165, 1.54) is 70.6 Å². The van der Waals surface area contributed by atoms with Gasteiger partial charge in [0.15, 0.2) is 0 Å². The number of rotatable bonds is 6. The van der Waals surface area contributed by atoms with Gasteiger partial charge < -0.3 is 0 Å². The van der Waals surface area contributed by atoms with Crippen LogP contribution in [0, 0.1) is 39.9 Å². The Morgan fingerprint density at radius 2 is 1.77 bits per heavy atom. The monoisotopic (exact) mass is 412 g/mol. The van der Waals surface area contributed by atoms with E-state index in [0.29, 0.717) is 16.2 Å². The van der Waals surface area contributed by atoms with E-state index in [-0.39, 0.29) is 0 Å². The minimum absolute atomic E-state index is 0.409. The van der Waals surface area contributed by atoms with Crippen LogP contribution in [0.15, 0.2) is 23.3 Å². The zero-order chi connectivity index (χ0) is 22.2. The standard InChI is InChI=1S/C30H52/c1-22(2)11-9-18-28(5,6)27-17-20-29(7)26(12-10-19-30(27,29)8)16-15-25-21-23(3)13-14-24(25)4/h15-16,22-24,27H,9-14,17-21H2,1-8H3/b25-15-,26-16+/t23-,24+,27+,29-,30+/m0/s1. The van der Waals surface area contributed by atoms with Crippen LogP contribution >= 0.6 is 0 Å². The first-order valence-corrected chi connectivity index (χ1v) is 13.4. The van der Waals surface area contributed by atoms with Crippen LogP contribution in [0.1, 0.15) is 126 Å². The molecule has 3 saturated carbocycles. The molecule has 3 fully saturated rings. The molecule has 3 aliphatic rings. The van der Waals surface area contributed by atoms with Crippen molar-refractivity contribution in [3.05, 3.63) is 23.3 Å². The fourth-order valence-electron chi connectivity index (χ4n) is 7.85. The lowest BCUT2D eigenvalue weighted by Crippen LogP contribution is -2.45. The molecule has 0 unspecified atom stereocenters. The smallest absolute Gasteiger partial charge is 0.00565 e. The van der Waals surface area contributed by atoms with E-state index >= 15 is 0 Å². The van der Waals surface area contributed by atoms with Crippen molar-refractivity contribution in [1.82, 2.24) is 0 Å². The third kappa shape index (κ3) is 4.63. The third-order valence-corrected chi connectivity index (χ3v) is 10.2. The van der Waals surface area contributed by atoms with Crippen LogP contribution in [0.5, 0.6) is 0 Å². The summed E-state index contributed by atoms with van der Waals surface area (Å²) in [7, 11) is 0. The summed E-state index contributed by atoms with van der Waals surface area (Å²) in [5.41, 5.74) is 4.86. The molecule has 0 aromatic carbocycles. The van der Waals surface area contributed by atoms with Gasteiger partial charge in [-0.1, -0.05) is 91.5 Å². The number of fused-ring (bicyclic) bond motifs is 1. The lowest BCUT2D eigenvalue weighted by Gasteiger charge is -2.53. The van der Waals surface area contributed by atoms with Crippen molar-refractivity contribution >= 4 is 0 Å². The van der Waals surface area contributed by atoms with Crippen LogP contribution in [-0.2, 0) is 0 Å². The summed E-state index contributed by atoms with van der Waals surface area (Å²) in [6, 6.07) is 0. The predicted molar refractivity (Wildman–Crippen MR) is 134 cm³/mol. The Kier molecular flexibility index (Phi) is 7.36. The molecule has 0 heteroatoms. The predicted octanol–water partition coefficient (Wildman–Crippen LogP) is 9.75. The molecule has 0 aromatic heterocycles. The summed E-state index contributed by atoms with van der Waals surface area (Å²) < 4.78 is 0. The molecule has 172 valence electrons. The van der Waals surface area contributed by atoms with Crippen LogP contribution in [0.3, 0.4) is 0 Å². The van der Waals surface area contributed by atoms with Crippen molar-refractivity contribution in [2.45, 2.75) is 126 Å². The Morgan fingerprint density at radius 1 is 1.03 bits per heavy atom. The molecule has 0 spiro atoms. The van der Waals surface area contributed by atoms with Crippen molar-refractivity contribution in [2.24, 2.45) is 39.9 Å². The summed E-state index contributed by atoms with van der Waals surface area (Å²) >= 11 is 0. The normalized spacial score (nSPS) is 40.4. The SMILES string of the molecule is CC(C)CCCC(C)(C)[C@H]1CC[C@@]2(C)/C(=C/C=C3/C[C@@H](C)CC[C@H]3C)CCC[C@]12C. The Balaban J connectivity index is 1.81. The molecule has 5 atom stereocenters. The summed E-state index contributed by atoms with van der Waals surface area (Å²) in [4.78, 5) is 0. The van der Waals surface area contributed by atoms with Gasteiger partial charge in [-0.25, -0.2) is 0 Å². The van der Waals surface area contributed by atoms with E-state index in [0.717, 1.165) is 23.7 Å². The molecule has 0 nitrogen and oxygen atoms in total. The van der Waals surface area contributed by atoms with Crippen LogP contribution in [0.25, 0.3) is 0 Å². The highest BCUT2D eigenvalue weighted by Crippen LogP contribution is 2.69. The molecule has 0 saturated heterocycles. The molecule has 0 aliphatic heterocycles. The Labute approximate surface area is 189 Å². The van der Waals surface area contributed by atoms with Crippen LogP contribution in [0.2, 0.25) is 0 Å². The highest BCUT2D eigenvalue weighted by Gasteiger charge is 2.60. The Morgan fingerprint density at radius 3 is 2.47 bits per heavy atom.